The lowest BCUT2D eigenvalue weighted by molar-refractivity contribution is -0.133. The molecule has 0 aromatic carbocycles. The van der Waals surface area contributed by atoms with Crippen molar-refractivity contribution in [3.63, 3.8) is 0 Å². The summed E-state index contributed by atoms with van der Waals surface area (Å²) < 4.78 is 0. The van der Waals surface area contributed by atoms with Crippen LogP contribution in [0.4, 0.5) is 0 Å². The van der Waals surface area contributed by atoms with E-state index in [4.69, 9.17) is 10.2 Å². The number of carboxylic acids is 2. The molecule has 0 unspecified atom stereocenters. The monoisotopic (exact) mass is 208 g/mol. The predicted molar refractivity (Wildman–Crippen MR) is 55.4 cm³/mol. The third-order valence-electron chi connectivity index (χ3n) is 1.52. The van der Waals surface area contributed by atoms with Crippen molar-refractivity contribution in [1.82, 2.24) is 0 Å². The van der Waals surface area contributed by atoms with Crippen LogP contribution in [0.1, 0.15) is 12.8 Å². The predicted octanol–water partition coefficient (Wildman–Crippen LogP) is 1.76. The summed E-state index contributed by atoms with van der Waals surface area (Å²) in [5.41, 5.74) is 2.10. The second-order valence-corrected chi connectivity index (χ2v) is 2.68. The maximum Gasteiger partial charge on any atom is 0.339 e. The summed E-state index contributed by atoms with van der Waals surface area (Å²) in [6.07, 6.45) is 2.90. The molecule has 4 nitrogen and oxygen atoms in total. The average Bonchev–Trinajstić information content (AvgIpc) is 2.15. The molecule has 0 heterocycles. The summed E-state index contributed by atoms with van der Waals surface area (Å²) in [7, 11) is 0. The fourth-order valence-electron chi connectivity index (χ4n) is 0.854. The smallest absolute Gasteiger partial charge is 0.339 e. The van der Waals surface area contributed by atoms with E-state index in [0.717, 1.165) is 0 Å². The third kappa shape index (κ3) is 4.64. The first kappa shape index (κ1) is 12.9. The SMILES string of the molecule is C=CCC(=C=C(CC=C)C(=O)O)C(=O)O. The molecule has 0 saturated heterocycles. The first-order valence-corrected chi connectivity index (χ1v) is 4.20. The highest BCUT2D eigenvalue weighted by molar-refractivity contribution is 5.91. The topological polar surface area (TPSA) is 74.6 Å². The second kappa shape index (κ2) is 6.40. The van der Waals surface area contributed by atoms with E-state index in [0.29, 0.717) is 0 Å². The largest absolute Gasteiger partial charge is 0.477 e. The van der Waals surface area contributed by atoms with Crippen LogP contribution in [0, 0.1) is 0 Å². The Hall–Kier alpha value is -2.06. The summed E-state index contributed by atoms with van der Waals surface area (Å²) >= 11 is 0. The van der Waals surface area contributed by atoms with Gasteiger partial charge in [-0.15, -0.1) is 13.2 Å². The van der Waals surface area contributed by atoms with Gasteiger partial charge in [0, 0.05) is 12.8 Å². The summed E-state index contributed by atoms with van der Waals surface area (Å²) in [6, 6.07) is 0. The minimum Gasteiger partial charge on any atom is -0.477 e. The van der Waals surface area contributed by atoms with E-state index in [9.17, 15) is 9.59 Å². The van der Waals surface area contributed by atoms with Gasteiger partial charge in [-0.05, 0) is 0 Å². The third-order valence-corrected chi connectivity index (χ3v) is 1.52. The lowest BCUT2D eigenvalue weighted by atomic mass is 10.1. The Bertz CT molecular complexity index is 325. The van der Waals surface area contributed by atoms with E-state index in [1.54, 1.807) is 0 Å². The molecule has 0 amide bonds. The zero-order chi connectivity index (χ0) is 11.8. The van der Waals surface area contributed by atoms with Crippen LogP contribution in [0.5, 0.6) is 0 Å². The summed E-state index contributed by atoms with van der Waals surface area (Å²) in [5.74, 6) is -2.39. The Kier molecular flexibility index (Phi) is 5.52. The van der Waals surface area contributed by atoms with Crippen LogP contribution < -0.4 is 0 Å². The van der Waals surface area contributed by atoms with E-state index in [-0.39, 0.29) is 24.0 Å². The molecule has 0 aliphatic carbocycles. The molecule has 0 aliphatic rings. The van der Waals surface area contributed by atoms with E-state index in [1.165, 1.54) is 12.2 Å². The number of aliphatic carboxylic acids is 2. The Balaban J connectivity index is 5.39. The molecular formula is C11H12O4. The average molecular weight is 208 g/mol. The minimum absolute atomic E-state index is 0.0727. The van der Waals surface area contributed by atoms with E-state index >= 15 is 0 Å². The van der Waals surface area contributed by atoms with Crippen LogP contribution >= 0.6 is 0 Å². The van der Waals surface area contributed by atoms with Gasteiger partial charge in [0.05, 0.1) is 11.1 Å². The fraction of sp³-hybridized carbons (Fsp3) is 0.182. The Morgan fingerprint density at radius 2 is 1.33 bits per heavy atom. The molecule has 0 aromatic heterocycles. The Labute approximate surface area is 87.5 Å². The van der Waals surface area contributed by atoms with Crippen molar-refractivity contribution >= 4 is 11.9 Å². The molecule has 0 fully saturated rings. The van der Waals surface area contributed by atoms with Gasteiger partial charge in [-0.3, -0.25) is 0 Å². The summed E-state index contributed by atoms with van der Waals surface area (Å²) in [6.45, 7) is 6.76. The van der Waals surface area contributed by atoms with Crippen LogP contribution in [-0.2, 0) is 9.59 Å². The van der Waals surface area contributed by atoms with Crippen molar-refractivity contribution in [1.29, 1.82) is 0 Å². The minimum atomic E-state index is -1.20. The molecule has 80 valence electrons. The van der Waals surface area contributed by atoms with Gasteiger partial charge in [-0.2, -0.15) is 0 Å². The Morgan fingerprint density at radius 3 is 1.53 bits per heavy atom. The molecule has 4 heteroatoms. The number of carbonyl (C=O) groups is 2. The molecule has 0 bridgehead atoms. The molecule has 0 atom stereocenters. The van der Waals surface area contributed by atoms with Crippen molar-refractivity contribution in [2.75, 3.05) is 0 Å². The van der Waals surface area contributed by atoms with Gasteiger partial charge >= 0.3 is 11.9 Å². The van der Waals surface area contributed by atoms with Crippen LogP contribution in [0.3, 0.4) is 0 Å². The van der Waals surface area contributed by atoms with Gasteiger partial charge in [-0.1, -0.05) is 17.9 Å². The normalized spacial score (nSPS) is 8.53. The number of rotatable bonds is 6. The molecule has 0 aliphatic heterocycles. The van der Waals surface area contributed by atoms with Crippen LogP contribution in [0.2, 0.25) is 0 Å². The van der Waals surface area contributed by atoms with Gasteiger partial charge in [0.25, 0.3) is 0 Å². The molecule has 0 saturated carbocycles. The van der Waals surface area contributed by atoms with Crippen LogP contribution in [-0.4, -0.2) is 22.2 Å². The fourth-order valence-corrected chi connectivity index (χ4v) is 0.854. The van der Waals surface area contributed by atoms with Crippen molar-refractivity contribution in [3.05, 3.63) is 42.2 Å². The second-order valence-electron chi connectivity index (χ2n) is 2.68. The van der Waals surface area contributed by atoms with Gasteiger partial charge in [0.15, 0.2) is 0 Å². The zero-order valence-corrected chi connectivity index (χ0v) is 8.19. The van der Waals surface area contributed by atoms with E-state index in [1.807, 2.05) is 0 Å². The molecule has 0 rings (SSSR count). The highest BCUT2D eigenvalue weighted by atomic mass is 16.4. The molecular weight excluding hydrogens is 196 g/mol. The van der Waals surface area contributed by atoms with Crippen molar-refractivity contribution in [2.24, 2.45) is 0 Å². The van der Waals surface area contributed by atoms with E-state index in [2.05, 4.69) is 18.9 Å². The first-order chi connectivity index (χ1) is 7.02. The first-order valence-electron chi connectivity index (χ1n) is 4.20. The number of carboxylic acid groups (broad SMARTS) is 2. The lowest BCUT2D eigenvalue weighted by Gasteiger charge is -1.96. The van der Waals surface area contributed by atoms with Gasteiger partial charge in [0.2, 0.25) is 0 Å². The summed E-state index contributed by atoms with van der Waals surface area (Å²) in [5, 5.41) is 17.4. The maximum absolute atomic E-state index is 10.7. The van der Waals surface area contributed by atoms with E-state index < -0.39 is 11.9 Å². The number of allylic oxidation sites excluding steroid dienone is 2. The van der Waals surface area contributed by atoms with Gasteiger partial charge < -0.3 is 10.2 Å². The zero-order valence-electron chi connectivity index (χ0n) is 8.19. The van der Waals surface area contributed by atoms with Crippen LogP contribution in [0.25, 0.3) is 0 Å². The quantitative estimate of drug-likeness (QED) is 0.396. The van der Waals surface area contributed by atoms with Crippen LogP contribution in [0.15, 0.2) is 42.2 Å². The van der Waals surface area contributed by atoms with Crippen molar-refractivity contribution < 1.29 is 19.8 Å². The van der Waals surface area contributed by atoms with Gasteiger partial charge in [0.1, 0.15) is 0 Å². The molecule has 0 radical (unpaired) electrons. The lowest BCUT2D eigenvalue weighted by Crippen LogP contribution is -2.02. The van der Waals surface area contributed by atoms with Crippen molar-refractivity contribution in [3.8, 4) is 0 Å². The molecule has 2 N–H and O–H groups in total. The summed E-state index contributed by atoms with van der Waals surface area (Å²) in [4.78, 5) is 21.3. The highest BCUT2D eigenvalue weighted by Crippen LogP contribution is 2.06. The van der Waals surface area contributed by atoms with Gasteiger partial charge in [-0.25, -0.2) is 9.59 Å². The number of hydrogen-bond donors (Lipinski definition) is 2. The Morgan fingerprint density at radius 1 is 1.00 bits per heavy atom. The maximum atomic E-state index is 10.7. The molecule has 0 spiro atoms. The highest BCUT2D eigenvalue weighted by Gasteiger charge is 2.08. The molecule has 15 heavy (non-hydrogen) atoms. The van der Waals surface area contributed by atoms with Crippen molar-refractivity contribution in [2.45, 2.75) is 12.8 Å². The number of hydrogen-bond acceptors (Lipinski definition) is 2. The standard InChI is InChI=1S/C11H12O4/c1-3-5-8(10(12)13)7-9(6-4-2)11(14)15/h3-4H,1-2,5-6H2,(H,12,13)(H,14,15). The molecule has 0 aromatic rings.